The molecule has 5 nitrogen and oxygen atoms in total. The van der Waals surface area contributed by atoms with Gasteiger partial charge in [0, 0.05) is 61.2 Å². The monoisotopic (exact) mass is 912 g/mol. The maximum Gasteiger partial charge on any atom is 0.159 e. The molecule has 0 N–H and O–H groups in total. The normalized spacial score (nSPS) is 11.8. The highest BCUT2D eigenvalue weighted by Crippen LogP contribution is 2.49. The molecule has 11 aromatic carbocycles. The van der Waals surface area contributed by atoms with Crippen molar-refractivity contribution in [1.29, 1.82) is 0 Å². The molecule has 0 radical (unpaired) electrons. The van der Waals surface area contributed by atoms with E-state index in [1.807, 2.05) is 0 Å². The first-order chi connectivity index (χ1) is 35.0. The topological polar surface area (TPSA) is 45.9 Å². The molecule has 0 bridgehead atoms. The smallest absolute Gasteiger partial charge is 0.159 e. The maximum atomic E-state index is 7.14. The highest BCUT2D eigenvalue weighted by atomic mass is 16.3. The third-order valence-electron chi connectivity index (χ3n) is 14.3. The number of para-hydroxylation sites is 4. The molecule has 0 saturated heterocycles. The van der Waals surface area contributed by atoms with E-state index in [9.17, 15) is 0 Å². The Labute approximate surface area is 409 Å². The van der Waals surface area contributed by atoms with E-state index in [-0.39, 0.29) is 0 Å². The first kappa shape index (κ1) is 40.7. The molecule has 0 amide bonds. The quantitative estimate of drug-likeness (QED) is 0.152. The first-order valence-corrected chi connectivity index (χ1v) is 24.1. The van der Waals surface area contributed by atoms with E-state index in [1.165, 1.54) is 11.1 Å². The molecule has 14 aromatic rings. The Kier molecular flexibility index (Phi) is 9.26. The van der Waals surface area contributed by atoms with Gasteiger partial charge in [-0.15, -0.1) is 0 Å². The number of hydrogen-bond acceptors (Lipinski definition) is 5. The molecule has 0 aliphatic heterocycles. The van der Waals surface area contributed by atoms with Crippen molar-refractivity contribution in [2.24, 2.45) is 0 Å². The van der Waals surface area contributed by atoms with E-state index >= 15 is 0 Å². The van der Waals surface area contributed by atoms with Crippen molar-refractivity contribution in [2.45, 2.75) is 13.8 Å². The lowest BCUT2D eigenvalue weighted by Crippen LogP contribution is -2.11. The minimum atomic E-state index is 0.784. The van der Waals surface area contributed by atoms with Crippen LogP contribution in [0.4, 0.5) is 34.1 Å². The van der Waals surface area contributed by atoms with Crippen LogP contribution >= 0.6 is 0 Å². The van der Waals surface area contributed by atoms with Gasteiger partial charge in [0.15, 0.2) is 11.2 Å². The summed E-state index contributed by atoms with van der Waals surface area (Å²) in [6, 6.07) is 81.8. The van der Waals surface area contributed by atoms with Gasteiger partial charge in [0.05, 0.1) is 22.7 Å². The second-order valence-electron chi connectivity index (χ2n) is 18.5. The van der Waals surface area contributed by atoms with Crippen LogP contribution in [0.3, 0.4) is 0 Å². The zero-order valence-corrected chi connectivity index (χ0v) is 39.1. The minimum Gasteiger partial charge on any atom is -0.456 e. The molecule has 3 heterocycles. The second kappa shape index (κ2) is 16.2. The number of benzene rings is 11. The van der Waals surface area contributed by atoms with Gasteiger partial charge in [-0.2, -0.15) is 0 Å². The van der Waals surface area contributed by atoms with Gasteiger partial charge < -0.3 is 23.1 Å². The van der Waals surface area contributed by atoms with Crippen LogP contribution in [-0.2, 0) is 0 Å². The number of fused-ring (bicyclic) bond motifs is 11. The fourth-order valence-corrected chi connectivity index (χ4v) is 10.9. The summed E-state index contributed by atoms with van der Waals surface area (Å²) in [6.07, 6.45) is 0. The van der Waals surface area contributed by atoms with Crippen LogP contribution in [0.2, 0.25) is 0 Å². The number of rotatable bonds is 8. The van der Waals surface area contributed by atoms with Crippen molar-refractivity contribution in [3.05, 3.63) is 242 Å². The molecule has 0 atom stereocenters. The Morgan fingerprint density at radius 3 is 1.27 bits per heavy atom. The molecule has 14 rings (SSSR count). The molecule has 336 valence electrons. The van der Waals surface area contributed by atoms with Gasteiger partial charge in [-0.25, -0.2) is 0 Å². The third-order valence-corrected chi connectivity index (χ3v) is 14.3. The molecule has 0 aliphatic rings. The predicted molar refractivity (Wildman–Crippen MR) is 295 cm³/mol. The van der Waals surface area contributed by atoms with E-state index in [4.69, 9.17) is 13.3 Å². The van der Waals surface area contributed by atoms with Gasteiger partial charge in [0.1, 0.15) is 22.3 Å². The fraction of sp³-hybridized carbons (Fsp3) is 0.0303. The molecule has 71 heavy (non-hydrogen) atoms. The largest absolute Gasteiger partial charge is 0.456 e. The lowest BCUT2D eigenvalue weighted by Gasteiger charge is -2.27. The van der Waals surface area contributed by atoms with Crippen LogP contribution in [0.15, 0.2) is 244 Å². The third kappa shape index (κ3) is 6.54. The standard InChI is InChI=1S/C66H44N2O3/c1-41-15-11-23-52-54-25-13-27-57(65(54)70-63(41)52)67(47-33-29-45(30-34-47)43-17-5-3-6-18-43)49-37-38-56-60(39-49)69-61-40-59(50-21-9-10-22-51(50)62(56)61)68(48-35-31-46(32-36-48)44-19-7-4-8-20-44)58-28-14-26-55-53-24-12-16-42(2)64(53)71-66(55)58/h3-40H,1-2H3. The number of aryl methyl sites for hydroxylation is 2. The Bertz CT molecular complexity index is 4360. The van der Waals surface area contributed by atoms with Crippen LogP contribution < -0.4 is 9.80 Å². The van der Waals surface area contributed by atoms with Crippen LogP contribution in [-0.4, -0.2) is 0 Å². The molecule has 0 unspecified atom stereocenters. The van der Waals surface area contributed by atoms with Gasteiger partial charge in [-0.05, 0) is 101 Å². The summed E-state index contributed by atoms with van der Waals surface area (Å²) in [6.45, 7) is 4.22. The van der Waals surface area contributed by atoms with Gasteiger partial charge in [0.25, 0.3) is 0 Å². The first-order valence-electron chi connectivity index (χ1n) is 24.1. The van der Waals surface area contributed by atoms with Crippen LogP contribution in [0.5, 0.6) is 0 Å². The SMILES string of the molecule is Cc1cccc2c1oc1c(N(c3ccc(-c4ccccc4)cc3)c3ccc4c(c3)oc3cc(N(c5ccc(-c6ccccc6)cc5)c5cccc6c5oc5c(C)cccc56)c5ccccc5c34)cccc12. The van der Waals surface area contributed by atoms with E-state index < -0.39 is 0 Å². The molecular formula is C66H44N2O3. The maximum absolute atomic E-state index is 7.14. The Morgan fingerprint density at radius 2 is 0.704 bits per heavy atom. The number of nitrogens with zero attached hydrogens (tertiary/aromatic N) is 2. The molecule has 5 heteroatoms. The van der Waals surface area contributed by atoms with Crippen molar-refractivity contribution in [3.63, 3.8) is 0 Å². The van der Waals surface area contributed by atoms with E-state index in [2.05, 4.69) is 254 Å². The number of furan rings is 3. The highest BCUT2D eigenvalue weighted by Gasteiger charge is 2.26. The van der Waals surface area contributed by atoms with Gasteiger partial charge in [-0.3, -0.25) is 0 Å². The van der Waals surface area contributed by atoms with Crippen molar-refractivity contribution < 1.29 is 13.3 Å². The Morgan fingerprint density at radius 1 is 0.268 bits per heavy atom. The van der Waals surface area contributed by atoms with Crippen molar-refractivity contribution >= 4 is 111 Å². The lowest BCUT2D eigenvalue weighted by molar-refractivity contribution is 0.665. The summed E-state index contributed by atoms with van der Waals surface area (Å²) in [4.78, 5) is 4.63. The highest BCUT2D eigenvalue weighted by molar-refractivity contribution is 6.23. The number of anilines is 6. The van der Waals surface area contributed by atoms with Crippen LogP contribution in [0, 0.1) is 13.8 Å². The van der Waals surface area contributed by atoms with Crippen molar-refractivity contribution in [2.75, 3.05) is 9.80 Å². The fourth-order valence-electron chi connectivity index (χ4n) is 10.9. The molecule has 0 aliphatic carbocycles. The van der Waals surface area contributed by atoms with Crippen molar-refractivity contribution in [1.82, 2.24) is 0 Å². The molecular weight excluding hydrogens is 869 g/mol. The second-order valence-corrected chi connectivity index (χ2v) is 18.5. The van der Waals surface area contributed by atoms with E-state index in [1.54, 1.807) is 0 Å². The molecule has 0 fully saturated rings. The Hall–Kier alpha value is -9.32. The number of hydrogen-bond donors (Lipinski definition) is 0. The lowest BCUT2D eigenvalue weighted by atomic mass is 9.99. The summed E-state index contributed by atoms with van der Waals surface area (Å²) >= 11 is 0. The molecule has 0 saturated carbocycles. The zero-order valence-electron chi connectivity index (χ0n) is 39.1. The minimum absolute atomic E-state index is 0.784. The van der Waals surface area contributed by atoms with Gasteiger partial charge >= 0.3 is 0 Å². The molecule has 3 aromatic heterocycles. The van der Waals surface area contributed by atoms with Gasteiger partial charge in [-0.1, -0.05) is 170 Å². The summed E-state index contributed by atoms with van der Waals surface area (Å²) < 4.78 is 20.9. The van der Waals surface area contributed by atoms with Crippen LogP contribution in [0.25, 0.3) is 98.8 Å². The summed E-state index contributed by atoms with van der Waals surface area (Å²) in [5.74, 6) is 0. The van der Waals surface area contributed by atoms with E-state index in [0.29, 0.717) is 0 Å². The van der Waals surface area contributed by atoms with Gasteiger partial charge in [0.2, 0.25) is 0 Å². The zero-order chi connectivity index (χ0) is 47.2. The summed E-state index contributed by atoms with van der Waals surface area (Å²) in [5.41, 5.74) is 17.7. The molecule has 0 spiro atoms. The van der Waals surface area contributed by atoms with Crippen molar-refractivity contribution in [3.8, 4) is 22.3 Å². The van der Waals surface area contributed by atoms with Crippen LogP contribution in [0.1, 0.15) is 11.1 Å². The average molecular weight is 913 g/mol. The summed E-state index contributed by atoms with van der Waals surface area (Å²) in [7, 11) is 0. The average Bonchev–Trinajstić information content (AvgIpc) is 4.13. The Balaban J connectivity index is 0.978. The summed E-state index contributed by atoms with van der Waals surface area (Å²) in [5, 5.41) is 8.64. The van der Waals surface area contributed by atoms with E-state index in [0.717, 1.165) is 133 Å². The predicted octanol–water partition coefficient (Wildman–Crippen LogP) is 19.4.